The molecule has 1 N–H and O–H groups in total. The van der Waals surface area contributed by atoms with E-state index in [4.69, 9.17) is 0 Å². The standard InChI is InChI=1S/C10H19NO/c1-4-5-6-10(12)7-9(2)11(3)8-10/h4,9,12H,1,5-8H2,2-3H3. The molecule has 0 radical (unpaired) electrons. The molecule has 0 aromatic heterocycles. The highest BCUT2D eigenvalue weighted by molar-refractivity contribution is 4.94. The van der Waals surface area contributed by atoms with E-state index in [0.717, 1.165) is 25.8 Å². The van der Waals surface area contributed by atoms with Crippen LogP contribution in [0.5, 0.6) is 0 Å². The first-order chi connectivity index (χ1) is 5.57. The Labute approximate surface area is 74.9 Å². The van der Waals surface area contributed by atoms with E-state index in [1.807, 2.05) is 6.08 Å². The van der Waals surface area contributed by atoms with Crippen molar-refractivity contribution >= 4 is 0 Å². The van der Waals surface area contributed by atoms with Gasteiger partial charge in [0.2, 0.25) is 0 Å². The molecule has 0 aromatic carbocycles. The van der Waals surface area contributed by atoms with Crippen molar-refractivity contribution < 1.29 is 5.11 Å². The third-order valence-electron chi connectivity index (χ3n) is 2.79. The zero-order valence-electron chi connectivity index (χ0n) is 8.08. The second kappa shape index (κ2) is 3.58. The Balaban J connectivity index is 2.45. The van der Waals surface area contributed by atoms with Crippen LogP contribution in [0.1, 0.15) is 26.2 Å². The highest BCUT2D eigenvalue weighted by Gasteiger charge is 2.37. The van der Waals surface area contributed by atoms with Gasteiger partial charge in [-0.1, -0.05) is 6.08 Å². The Hall–Kier alpha value is -0.340. The number of hydrogen-bond acceptors (Lipinski definition) is 2. The fourth-order valence-electron chi connectivity index (χ4n) is 1.94. The van der Waals surface area contributed by atoms with E-state index in [2.05, 4.69) is 25.5 Å². The van der Waals surface area contributed by atoms with Crippen molar-refractivity contribution in [3.63, 3.8) is 0 Å². The monoisotopic (exact) mass is 169 g/mol. The van der Waals surface area contributed by atoms with Gasteiger partial charge in [0.05, 0.1) is 5.60 Å². The number of rotatable bonds is 3. The molecule has 1 heterocycles. The van der Waals surface area contributed by atoms with E-state index in [0.29, 0.717) is 6.04 Å². The topological polar surface area (TPSA) is 23.5 Å². The van der Waals surface area contributed by atoms with Gasteiger partial charge < -0.3 is 10.0 Å². The average Bonchev–Trinajstić information content (AvgIpc) is 2.24. The number of β-amino-alcohol motifs (C(OH)–C–C–N with tert-alkyl or cyclic N) is 1. The van der Waals surface area contributed by atoms with Crippen molar-refractivity contribution in [3.05, 3.63) is 12.7 Å². The molecule has 0 spiro atoms. The zero-order chi connectivity index (χ0) is 9.19. The van der Waals surface area contributed by atoms with Gasteiger partial charge in [0, 0.05) is 12.6 Å². The van der Waals surface area contributed by atoms with Gasteiger partial charge >= 0.3 is 0 Å². The summed E-state index contributed by atoms with van der Waals surface area (Å²) in [5, 5.41) is 10.1. The lowest BCUT2D eigenvalue weighted by molar-refractivity contribution is 0.0438. The normalized spacial score (nSPS) is 37.1. The molecule has 0 aromatic rings. The molecule has 2 atom stereocenters. The molecular weight excluding hydrogens is 150 g/mol. The van der Waals surface area contributed by atoms with Crippen LogP contribution in [-0.2, 0) is 0 Å². The molecule has 2 unspecified atom stereocenters. The number of likely N-dealkylation sites (N-methyl/N-ethyl adjacent to an activating group) is 1. The highest BCUT2D eigenvalue weighted by atomic mass is 16.3. The predicted octanol–water partition coefficient (Wildman–Crippen LogP) is 1.41. The van der Waals surface area contributed by atoms with Gasteiger partial charge in [-0.05, 0) is 33.2 Å². The van der Waals surface area contributed by atoms with Crippen LogP contribution in [0.25, 0.3) is 0 Å². The van der Waals surface area contributed by atoms with E-state index in [9.17, 15) is 5.11 Å². The summed E-state index contributed by atoms with van der Waals surface area (Å²) in [5.74, 6) is 0. The second-order valence-corrected chi connectivity index (χ2v) is 4.02. The van der Waals surface area contributed by atoms with Crippen molar-refractivity contribution in [2.45, 2.75) is 37.8 Å². The quantitative estimate of drug-likeness (QED) is 0.646. The Morgan fingerprint density at radius 2 is 2.42 bits per heavy atom. The summed E-state index contributed by atoms with van der Waals surface area (Å²) in [6.45, 7) is 6.63. The zero-order valence-corrected chi connectivity index (χ0v) is 8.08. The van der Waals surface area contributed by atoms with Crippen molar-refractivity contribution in [2.75, 3.05) is 13.6 Å². The minimum atomic E-state index is -0.456. The lowest BCUT2D eigenvalue weighted by Gasteiger charge is -2.21. The number of likely N-dealkylation sites (tertiary alicyclic amines) is 1. The van der Waals surface area contributed by atoms with Gasteiger partial charge in [0.25, 0.3) is 0 Å². The molecule has 1 rings (SSSR count). The van der Waals surface area contributed by atoms with Crippen molar-refractivity contribution in [3.8, 4) is 0 Å². The number of aliphatic hydroxyl groups is 1. The molecule has 0 saturated carbocycles. The number of hydrogen-bond donors (Lipinski definition) is 1. The molecular formula is C10H19NO. The maximum atomic E-state index is 10.1. The van der Waals surface area contributed by atoms with Gasteiger partial charge in [-0.25, -0.2) is 0 Å². The smallest absolute Gasteiger partial charge is 0.0791 e. The summed E-state index contributed by atoms with van der Waals surface area (Å²) >= 11 is 0. The molecule has 1 fully saturated rings. The van der Waals surface area contributed by atoms with Gasteiger partial charge in [-0.3, -0.25) is 0 Å². The number of nitrogens with zero attached hydrogens (tertiary/aromatic N) is 1. The van der Waals surface area contributed by atoms with Crippen LogP contribution < -0.4 is 0 Å². The minimum Gasteiger partial charge on any atom is -0.388 e. The Kier molecular flexibility index (Phi) is 2.91. The fourth-order valence-corrected chi connectivity index (χ4v) is 1.94. The van der Waals surface area contributed by atoms with Crippen molar-refractivity contribution in [2.24, 2.45) is 0 Å². The van der Waals surface area contributed by atoms with Crippen LogP contribution in [0.4, 0.5) is 0 Å². The van der Waals surface area contributed by atoms with E-state index < -0.39 is 5.60 Å². The van der Waals surface area contributed by atoms with E-state index >= 15 is 0 Å². The Morgan fingerprint density at radius 1 is 1.75 bits per heavy atom. The summed E-state index contributed by atoms with van der Waals surface area (Å²) in [7, 11) is 2.07. The maximum absolute atomic E-state index is 10.1. The molecule has 12 heavy (non-hydrogen) atoms. The first-order valence-electron chi connectivity index (χ1n) is 4.61. The molecule has 2 nitrogen and oxygen atoms in total. The lowest BCUT2D eigenvalue weighted by atomic mass is 9.95. The van der Waals surface area contributed by atoms with E-state index in [1.165, 1.54) is 0 Å². The molecule has 2 heteroatoms. The van der Waals surface area contributed by atoms with Crippen LogP contribution in [0.2, 0.25) is 0 Å². The first-order valence-corrected chi connectivity index (χ1v) is 4.61. The molecule has 1 saturated heterocycles. The maximum Gasteiger partial charge on any atom is 0.0791 e. The van der Waals surface area contributed by atoms with Gasteiger partial charge in [-0.2, -0.15) is 0 Å². The van der Waals surface area contributed by atoms with Gasteiger partial charge in [0.15, 0.2) is 0 Å². The Bertz CT molecular complexity index is 157. The van der Waals surface area contributed by atoms with Crippen molar-refractivity contribution in [1.29, 1.82) is 0 Å². The first kappa shape index (κ1) is 9.75. The van der Waals surface area contributed by atoms with Crippen LogP contribution in [-0.4, -0.2) is 35.2 Å². The molecule has 0 bridgehead atoms. The largest absolute Gasteiger partial charge is 0.388 e. The van der Waals surface area contributed by atoms with Gasteiger partial charge in [0.1, 0.15) is 0 Å². The molecule has 1 aliphatic rings. The van der Waals surface area contributed by atoms with E-state index in [1.54, 1.807) is 0 Å². The lowest BCUT2D eigenvalue weighted by Crippen LogP contribution is -2.31. The molecule has 70 valence electrons. The number of allylic oxidation sites excluding steroid dienone is 1. The highest BCUT2D eigenvalue weighted by Crippen LogP contribution is 2.29. The minimum absolute atomic E-state index is 0.456. The third kappa shape index (κ3) is 2.08. The van der Waals surface area contributed by atoms with Crippen LogP contribution in [0, 0.1) is 0 Å². The fraction of sp³-hybridized carbons (Fsp3) is 0.800. The second-order valence-electron chi connectivity index (χ2n) is 4.02. The Morgan fingerprint density at radius 3 is 2.83 bits per heavy atom. The van der Waals surface area contributed by atoms with Crippen LogP contribution in [0.15, 0.2) is 12.7 Å². The van der Waals surface area contributed by atoms with Crippen molar-refractivity contribution in [1.82, 2.24) is 4.90 Å². The molecule has 0 amide bonds. The van der Waals surface area contributed by atoms with Crippen LogP contribution >= 0.6 is 0 Å². The van der Waals surface area contributed by atoms with Crippen LogP contribution in [0.3, 0.4) is 0 Å². The van der Waals surface area contributed by atoms with Gasteiger partial charge in [-0.15, -0.1) is 6.58 Å². The third-order valence-corrected chi connectivity index (χ3v) is 2.79. The summed E-state index contributed by atoms with van der Waals surface area (Å²) in [6.07, 6.45) is 4.54. The predicted molar refractivity (Wildman–Crippen MR) is 51.1 cm³/mol. The summed E-state index contributed by atoms with van der Waals surface area (Å²) in [5.41, 5.74) is -0.456. The SMILES string of the molecule is C=CCCC1(O)CC(C)N(C)C1. The summed E-state index contributed by atoms with van der Waals surface area (Å²) in [4.78, 5) is 2.21. The summed E-state index contributed by atoms with van der Waals surface area (Å²) < 4.78 is 0. The molecule has 1 aliphatic heterocycles. The van der Waals surface area contributed by atoms with E-state index in [-0.39, 0.29) is 0 Å². The molecule has 0 aliphatic carbocycles. The average molecular weight is 169 g/mol. The summed E-state index contributed by atoms with van der Waals surface area (Å²) in [6, 6.07) is 0.514.